The molecule has 0 radical (unpaired) electrons. The van der Waals surface area contributed by atoms with Crippen molar-refractivity contribution in [1.29, 1.82) is 0 Å². The van der Waals surface area contributed by atoms with Gasteiger partial charge in [0, 0.05) is 11.1 Å². The van der Waals surface area contributed by atoms with Crippen molar-refractivity contribution in [2.75, 3.05) is 0 Å². The molecule has 0 aliphatic heterocycles. The Morgan fingerprint density at radius 2 is 1.77 bits per heavy atom. The normalized spacial score (nSPS) is 16.7. The standard InChI is InChI=1S/C24H21NO/c1-15-6-12-21-20(14-15)23(17-7-10-18(26)11-8-17)24-19-5-3-2-4-16(19)9-13-22(24)25-21/h2-5,7-11,13,15,26H,6,12,14H2,1H3/t15-/m0/s1. The second-order valence-corrected chi connectivity index (χ2v) is 7.49. The summed E-state index contributed by atoms with van der Waals surface area (Å²) in [7, 11) is 0. The van der Waals surface area contributed by atoms with E-state index in [2.05, 4.69) is 43.3 Å². The minimum atomic E-state index is 0.305. The summed E-state index contributed by atoms with van der Waals surface area (Å²) < 4.78 is 0. The summed E-state index contributed by atoms with van der Waals surface area (Å²) in [6.07, 6.45) is 3.32. The number of benzene rings is 3. The summed E-state index contributed by atoms with van der Waals surface area (Å²) >= 11 is 0. The zero-order chi connectivity index (χ0) is 17.7. The number of phenols is 1. The van der Waals surface area contributed by atoms with Crippen LogP contribution in [0.5, 0.6) is 5.75 Å². The molecule has 3 aromatic carbocycles. The van der Waals surface area contributed by atoms with Gasteiger partial charge >= 0.3 is 0 Å². The van der Waals surface area contributed by atoms with Crippen LogP contribution in [0.3, 0.4) is 0 Å². The molecule has 5 rings (SSSR count). The quantitative estimate of drug-likeness (QED) is 0.439. The number of phenolic OH excluding ortho intramolecular Hbond substituents is 1. The fourth-order valence-electron chi connectivity index (χ4n) is 4.33. The molecule has 2 nitrogen and oxygen atoms in total. The maximum Gasteiger partial charge on any atom is 0.115 e. The molecule has 1 N–H and O–H groups in total. The number of rotatable bonds is 1. The summed E-state index contributed by atoms with van der Waals surface area (Å²) in [5.41, 5.74) is 6.16. The molecule has 0 fully saturated rings. The van der Waals surface area contributed by atoms with Crippen LogP contribution >= 0.6 is 0 Å². The van der Waals surface area contributed by atoms with Crippen molar-refractivity contribution in [3.63, 3.8) is 0 Å². The van der Waals surface area contributed by atoms with Gasteiger partial charge in [-0.05, 0) is 70.8 Å². The Bertz CT molecular complexity index is 1130. The van der Waals surface area contributed by atoms with E-state index in [4.69, 9.17) is 4.98 Å². The molecular weight excluding hydrogens is 318 g/mol. The van der Waals surface area contributed by atoms with E-state index in [1.54, 1.807) is 12.1 Å². The highest BCUT2D eigenvalue weighted by molar-refractivity contribution is 6.14. The molecule has 1 aliphatic carbocycles. The van der Waals surface area contributed by atoms with Crippen molar-refractivity contribution in [1.82, 2.24) is 4.98 Å². The second kappa shape index (κ2) is 5.84. The Kier molecular flexibility index (Phi) is 3.46. The van der Waals surface area contributed by atoms with E-state index < -0.39 is 0 Å². The van der Waals surface area contributed by atoms with E-state index in [-0.39, 0.29) is 0 Å². The summed E-state index contributed by atoms with van der Waals surface area (Å²) in [4.78, 5) is 5.05. The largest absolute Gasteiger partial charge is 0.508 e. The van der Waals surface area contributed by atoms with Gasteiger partial charge in [-0.25, -0.2) is 0 Å². The lowest BCUT2D eigenvalue weighted by atomic mass is 9.81. The smallest absolute Gasteiger partial charge is 0.115 e. The molecule has 128 valence electrons. The maximum atomic E-state index is 9.76. The van der Waals surface area contributed by atoms with E-state index in [9.17, 15) is 5.11 Å². The first kappa shape index (κ1) is 15.4. The molecule has 0 spiro atoms. The van der Waals surface area contributed by atoms with Gasteiger partial charge in [-0.15, -0.1) is 0 Å². The van der Waals surface area contributed by atoms with Gasteiger partial charge < -0.3 is 5.11 Å². The van der Waals surface area contributed by atoms with Crippen LogP contribution in [0, 0.1) is 5.92 Å². The average Bonchev–Trinajstić information content (AvgIpc) is 2.67. The second-order valence-electron chi connectivity index (χ2n) is 7.49. The lowest BCUT2D eigenvalue weighted by Gasteiger charge is -2.25. The van der Waals surface area contributed by atoms with Crippen molar-refractivity contribution in [2.24, 2.45) is 5.92 Å². The van der Waals surface area contributed by atoms with Gasteiger partial charge in [-0.2, -0.15) is 0 Å². The van der Waals surface area contributed by atoms with Gasteiger partial charge in [-0.1, -0.05) is 49.4 Å². The minimum absolute atomic E-state index is 0.305. The number of fused-ring (bicyclic) bond motifs is 4. The predicted octanol–water partition coefficient (Wildman–Crippen LogP) is 5.89. The molecule has 0 saturated heterocycles. The van der Waals surface area contributed by atoms with E-state index in [1.807, 2.05) is 12.1 Å². The third-order valence-electron chi connectivity index (χ3n) is 5.65. The van der Waals surface area contributed by atoms with Gasteiger partial charge in [0.1, 0.15) is 5.75 Å². The van der Waals surface area contributed by atoms with Crippen molar-refractivity contribution in [3.8, 4) is 16.9 Å². The number of aryl methyl sites for hydroxylation is 1. The Hall–Kier alpha value is -2.87. The summed E-state index contributed by atoms with van der Waals surface area (Å²) in [5.74, 6) is 0.979. The van der Waals surface area contributed by atoms with Crippen LogP contribution in [0.15, 0.2) is 60.7 Å². The van der Waals surface area contributed by atoms with Crippen LogP contribution in [0.4, 0.5) is 0 Å². The van der Waals surface area contributed by atoms with E-state index >= 15 is 0 Å². The zero-order valence-corrected chi connectivity index (χ0v) is 14.9. The number of hydrogen-bond acceptors (Lipinski definition) is 2. The molecule has 0 saturated carbocycles. The van der Waals surface area contributed by atoms with E-state index in [1.165, 1.54) is 39.4 Å². The van der Waals surface area contributed by atoms with Gasteiger partial charge in [0.2, 0.25) is 0 Å². The fraction of sp³-hybridized carbons (Fsp3) is 0.208. The number of pyridine rings is 1. The maximum absolute atomic E-state index is 9.76. The van der Waals surface area contributed by atoms with Crippen LogP contribution in [-0.4, -0.2) is 10.1 Å². The fourth-order valence-corrected chi connectivity index (χ4v) is 4.33. The first-order chi connectivity index (χ1) is 12.7. The molecular formula is C24H21NO. The third kappa shape index (κ3) is 2.37. The first-order valence-electron chi connectivity index (χ1n) is 9.33. The molecule has 0 amide bonds. The number of nitrogens with zero attached hydrogens (tertiary/aromatic N) is 1. The lowest BCUT2D eigenvalue weighted by Crippen LogP contribution is -2.14. The Labute approximate surface area is 153 Å². The van der Waals surface area contributed by atoms with E-state index in [0.717, 1.165) is 23.9 Å². The zero-order valence-electron chi connectivity index (χ0n) is 14.9. The number of hydrogen-bond donors (Lipinski definition) is 1. The van der Waals surface area contributed by atoms with Gasteiger partial charge in [0.25, 0.3) is 0 Å². The van der Waals surface area contributed by atoms with Crippen molar-refractivity contribution < 1.29 is 5.11 Å². The summed E-state index contributed by atoms with van der Waals surface area (Å²) in [5, 5.41) is 13.5. The monoisotopic (exact) mass is 339 g/mol. The molecule has 4 aromatic rings. The minimum Gasteiger partial charge on any atom is -0.508 e. The first-order valence-corrected chi connectivity index (χ1v) is 9.33. The molecule has 2 heteroatoms. The van der Waals surface area contributed by atoms with Crippen molar-refractivity contribution in [3.05, 3.63) is 71.9 Å². The van der Waals surface area contributed by atoms with Gasteiger partial charge in [0.15, 0.2) is 0 Å². The van der Waals surface area contributed by atoms with Gasteiger partial charge in [-0.3, -0.25) is 4.98 Å². The Balaban J connectivity index is 1.95. The van der Waals surface area contributed by atoms with Crippen LogP contribution in [-0.2, 0) is 12.8 Å². The van der Waals surface area contributed by atoms with Gasteiger partial charge in [0.05, 0.1) is 5.52 Å². The van der Waals surface area contributed by atoms with Crippen molar-refractivity contribution >= 4 is 21.7 Å². The Morgan fingerprint density at radius 3 is 2.62 bits per heavy atom. The highest BCUT2D eigenvalue weighted by Gasteiger charge is 2.23. The molecule has 0 unspecified atom stereocenters. The number of aromatic hydroxyl groups is 1. The van der Waals surface area contributed by atoms with Crippen molar-refractivity contribution in [2.45, 2.75) is 26.2 Å². The topological polar surface area (TPSA) is 33.1 Å². The summed E-state index contributed by atoms with van der Waals surface area (Å²) in [6, 6.07) is 20.5. The summed E-state index contributed by atoms with van der Waals surface area (Å²) in [6.45, 7) is 2.33. The molecule has 0 bridgehead atoms. The molecule has 1 heterocycles. The van der Waals surface area contributed by atoms with Crippen LogP contribution in [0.2, 0.25) is 0 Å². The van der Waals surface area contributed by atoms with E-state index in [0.29, 0.717) is 11.7 Å². The molecule has 1 aliphatic rings. The van der Waals surface area contributed by atoms with Crippen LogP contribution in [0.25, 0.3) is 32.8 Å². The highest BCUT2D eigenvalue weighted by Crippen LogP contribution is 2.41. The molecule has 26 heavy (non-hydrogen) atoms. The number of aromatic nitrogens is 1. The van der Waals surface area contributed by atoms with Crippen LogP contribution in [0.1, 0.15) is 24.6 Å². The average molecular weight is 339 g/mol. The Morgan fingerprint density at radius 1 is 0.962 bits per heavy atom. The predicted molar refractivity (Wildman–Crippen MR) is 108 cm³/mol. The molecule has 1 aromatic heterocycles. The van der Waals surface area contributed by atoms with Crippen LogP contribution < -0.4 is 0 Å². The third-order valence-corrected chi connectivity index (χ3v) is 5.65. The molecule has 1 atom stereocenters. The SMILES string of the molecule is C[C@H]1CCc2nc3ccc4ccccc4c3c(-c3ccc(O)cc3)c2C1. The highest BCUT2D eigenvalue weighted by atomic mass is 16.3. The lowest BCUT2D eigenvalue weighted by molar-refractivity contribution is 0.475.